The summed E-state index contributed by atoms with van der Waals surface area (Å²) in [5.74, 6) is -0.695. The molecule has 8 heteroatoms. The molecule has 0 aliphatic rings. The number of nitro benzene ring substituents is 1. The second-order valence-electron chi connectivity index (χ2n) is 5.37. The molecule has 0 unspecified atom stereocenters. The minimum atomic E-state index is -0.678. The fraction of sp³-hybridized carbons (Fsp3) is 0.100. The van der Waals surface area contributed by atoms with Gasteiger partial charge in [0.1, 0.15) is 0 Å². The van der Waals surface area contributed by atoms with Crippen LogP contribution >= 0.6 is 0 Å². The molecule has 0 saturated carbocycles. The smallest absolute Gasteiger partial charge is 0.336 e. The molecular formula is C20H17NO7. The first-order valence-corrected chi connectivity index (χ1v) is 8.01. The van der Waals surface area contributed by atoms with Crippen molar-refractivity contribution in [2.45, 2.75) is 0 Å². The first kappa shape index (κ1) is 20.4. The van der Waals surface area contributed by atoms with Gasteiger partial charge in [-0.15, -0.1) is 0 Å². The van der Waals surface area contributed by atoms with Gasteiger partial charge in [-0.1, -0.05) is 18.2 Å². The number of benzene rings is 2. The van der Waals surface area contributed by atoms with Crippen molar-refractivity contribution in [3.8, 4) is 11.5 Å². The molecule has 2 aromatic rings. The third kappa shape index (κ3) is 5.80. The predicted octanol–water partition coefficient (Wildman–Crippen LogP) is 3.41. The second-order valence-corrected chi connectivity index (χ2v) is 5.37. The Morgan fingerprint density at radius 1 is 0.929 bits per heavy atom. The van der Waals surface area contributed by atoms with Gasteiger partial charge >= 0.3 is 11.9 Å². The molecule has 0 bridgehead atoms. The first-order chi connectivity index (χ1) is 13.4. The lowest BCUT2D eigenvalue weighted by Gasteiger charge is -2.08. The maximum Gasteiger partial charge on any atom is 0.336 e. The van der Waals surface area contributed by atoms with Gasteiger partial charge in [-0.25, -0.2) is 9.59 Å². The lowest BCUT2D eigenvalue weighted by Crippen LogP contribution is -2.05. The highest BCUT2D eigenvalue weighted by Crippen LogP contribution is 2.29. The van der Waals surface area contributed by atoms with Crippen LogP contribution in [0.5, 0.6) is 11.5 Å². The fourth-order valence-electron chi connectivity index (χ4n) is 2.15. The van der Waals surface area contributed by atoms with Crippen LogP contribution in [0.1, 0.15) is 11.1 Å². The molecule has 8 nitrogen and oxygen atoms in total. The summed E-state index contributed by atoms with van der Waals surface area (Å²) < 4.78 is 15.0. The molecule has 2 aromatic carbocycles. The summed E-state index contributed by atoms with van der Waals surface area (Å²) in [6, 6.07) is 10.6. The van der Waals surface area contributed by atoms with Gasteiger partial charge in [0.15, 0.2) is 11.5 Å². The predicted molar refractivity (Wildman–Crippen MR) is 102 cm³/mol. The molecule has 144 valence electrons. The summed E-state index contributed by atoms with van der Waals surface area (Å²) in [6.45, 7) is 0. The topological polar surface area (TPSA) is 105 Å². The SMILES string of the molecule is COC(=O)/C=C/c1ccc(OC(=O)/C=C/c2cccc([N+](=O)[O-])c2)c(OC)c1. The summed E-state index contributed by atoms with van der Waals surface area (Å²) in [5, 5.41) is 10.8. The number of nitrogens with zero attached hydrogens (tertiary/aromatic N) is 1. The Bertz CT molecular complexity index is 947. The molecule has 0 fully saturated rings. The third-order valence-corrected chi connectivity index (χ3v) is 3.50. The number of carbonyl (C=O) groups is 2. The molecule has 0 aliphatic carbocycles. The molecule has 0 radical (unpaired) electrons. The van der Waals surface area contributed by atoms with Crippen LogP contribution in [0.2, 0.25) is 0 Å². The highest BCUT2D eigenvalue weighted by Gasteiger charge is 2.09. The van der Waals surface area contributed by atoms with Crippen LogP contribution in [0.4, 0.5) is 5.69 Å². The van der Waals surface area contributed by atoms with Gasteiger partial charge in [0.05, 0.1) is 19.1 Å². The molecule has 0 heterocycles. The second kappa shape index (κ2) is 9.67. The lowest BCUT2D eigenvalue weighted by molar-refractivity contribution is -0.384. The van der Waals surface area contributed by atoms with Gasteiger partial charge in [0.25, 0.3) is 5.69 Å². The summed E-state index contributed by atoms with van der Waals surface area (Å²) in [5.41, 5.74) is 1.06. The molecule has 0 saturated heterocycles. The van der Waals surface area contributed by atoms with Crippen molar-refractivity contribution in [2.24, 2.45) is 0 Å². The van der Waals surface area contributed by atoms with E-state index in [0.29, 0.717) is 16.9 Å². The zero-order valence-electron chi connectivity index (χ0n) is 15.2. The average Bonchev–Trinajstić information content (AvgIpc) is 2.71. The normalized spacial score (nSPS) is 10.8. The molecule has 0 aromatic heterocycles. The van der Waals surface area contributed by atoms with E-state index >= 15 is 0 Å². The van der Waals surface area contributed by atoms with Crippen LogP contribution < -0.4 is 9.47 Å². The number of carbonyl (C=O) groups excluding carboxylic acids is 2. The summed E-state index contributed by atoms with van der Waals surface area (Å²) in [4.78, 5) is 33.4. The summed E-state index contributed by atoms with van der Waals surface area (Å²) >= 11 is 0. The summed E-state index contributed by atoms with van der Waals surface area (Å²) in [6.07, 6.45) is 5.35. The van der Waals surface area contributed by atoms with Crippen molar-refractivity contribution in [3.63, 3.8) is 0 Å². The highest BCUT2D eigenvalue weighted by atomic mass is 16.6. The molecule has 0 atom stereocenters. The lowest BCUT2D eigenvalue weighted by atomic mass is 10.2. The Labute approximate surface area is 160 Å². The number of methoxy groups -OCH3 is 2. The number of non-ortho nitro benzene ring substituents is 1. The van der Waals surface area contributed by atoms with Gasteiger partial charge < -0.3 is 14.2 Å². The number of hydrogen-bond acceptors (Lipinski definition) is 7. The fourth-order valence-corrected chi connectivity index (χ4v) is 2.15. The van der Waals surface area contributed by atoms with Crippen LogP contribution in [-0.4, -0.2) is 31.1 Å². The van der Waals surface area contributed by atoms with E-state index in [4.69, 9.17) is 9.47 Å². The Morgan fingerprint density at radius 3 is 2.25 bits per heavy atom. The maximum absolute atomic E-state index is 12.0. The van der Waals surface area contributed by atoms with E-state index in [1.54, 1.807) is 18.2 Å². The first-order valence-electron chi connectivity index (χ1n) is 8.01. The van der Waals surface area contributed by atoms with Crippen LogP contribution in [0.25, 0.3) is 12.2 Å². The minimum Gasteiger partial charge on any atom is -0.493 e. The Morgan fingerprint density at radius 2 is 1.61 bits per heavy atom. The highest BCUT2D eigenvalue weighted by molar-refractivity contribution is 5.89. The monoisotopic (exact) mass is 383 g/mol. The molecule has 2 rings (SSSR count). The van der Waals surface area contributed by atoms with Crippen molar-refractivity contribution in [1.82, 2.24) is 0 Å². The van der Waals surface area contributed by atoms with E-state index in [1.165, 1.54) is 56.7 Å². The van der Waals surface area contributed by atoms with Crippen LogP contribution in [0.15, 0.2) is 54.6 Å². The van der Waals surface area contributed by atoms with Crippen LogP contribution in [0, 0.1) is 10.1 Å². The number of nitro groups is 1. The van der Waals surface area contributed by atoms with Crippen molar-refractivity contribution in [1.29, 1.82) is 0 Å². The number of esters is 2. The Kier molecular flexibility index (Phi) is 7.04. The van der Waals surface area contributed by atoms with E-state index in [-0.39, 0.29) is 11.4 Å². The van der Waals surface area contributed by atoms with Crippen molar-refractivity contribution in [3.05, 3.63) is 75.9 Å². The van der Waals surface area contributed by atoms with Gasteiger partial charge in [-0.2, -0.15) is 0 Å². The maximum atomic E-state index is 12.0. The van der Waals surface area contributed by atoms with E-state index in [0.717, 1.165) is 6.08 Å². The average molecular weight is 383 g/mol. The van der Waals surface area contributed by atoms with Crippen LogP contribution in [-0.2, 0) is 14.3 Å². The van der Waals surface area contributed by atoms with Gasteiger partial charge in [0.2, 0.25) is 0 Å². The van der Waals surface area contributed by atoms with E-state index < -0.39 is 16.9 Å². The van der Waals surface area contributed by atoms with Gasteiger partial charge in [-0.05, 0) is 35.4 Å². The Hall–Kier alpha value is -3.94. The third-order valence-electron chi connectivity index (χ3n) is 3.50. The molecule has 0 N–H and O–H groups in total. The number of hydrogen-bond donors (Lipinski definition) is 0. The molecule has 28 heavy (non-hydrogen) atoms. The van der Waals surface area contributed by atoms with Gasteiger partial charge in [-0.3, -0.25) is 10.1 Å². The van der Waals surface area contributed by atoms with Crippen molar-refractivity contribution < 1.29 is 28.7 Å². The van der Waals surface area contributed by atoms with E-state index in [2.05, 4.69) is 4.74 Å². The zero-order chi connectivity index (χ0) is 20.5. The molecule has 0 amide bonds. The zero-order valence-corrected chi connectivity index (χ0v) is 15.2. The van der Waals surface area contributed by atoms with E-state index in [9.17, 15) is 19.7 Å². The van der Waals surface area contributed by atoms with Crippen molar-refractivity contribution in [2.75, 3.05) is 14.2 Å². The largest absolute Gasteiger partial charge is 0.493 e. The van der Waals surface area contributed by atoms with Crippen molar-refractivity contribution >= 4 is 29.8 Å². The van der Waals surface area contributed by atoms with Gasteiger partial charge in [0, 0.05) is 24.3 Å². The quantitative estimate of drug-likeness (QED) is 0.237. The minimum absolute atomic E-state index is 0.0761. The Balaban J connectivity index is 2.10. The van der Waals surface area contributed by atoms with E-state index in [1.807, 2.05) is 0 Å². The molecule has 0 spiro atoms. The summed E-state index contributed by atoms with van der Waals surface area (Å²) in [7, 11) is 2.69. The molecular weight excluding hydrogens is 366 g/mol. The molecule has 0 aliphatic heterocycles. The number of ether oxygens (including phenoxy) is 3. The van der Waals surface area contributed by atoms with Crippen LogP contribution in [0.3, 0.4) is 0 Å². The number of rotatable bonds is 7. The standard InChI is InChI=1S/C20H17NO7/c1-26-18-13-15(7-10-19(22)27-2)6-9-17(18)28-20(23)11-8-14-4-3-5-16(12-14)21(24)25/h3-13H,1-2H3/b10-7+,11-8+.